The Balaban J connectivity index is 0.00000264. The van der Waals surface area contributed by atoms with Crippen LogP contribution in [0.5, 0.6) is 11.5 Å². The van der Waals surface area contributed by atoms with Crippen molar-refractivity contribution in [1.29, 1.82) is 0 Å². The van der Waals surface area contributed by atoms with E-state index in [4.69, 9.17) is 14.6 Å². The van der Waals surface area contributed by atoms with Gasteiger partial charge in [-0.25, -0.2) is 4.79 Å². The number of carbonyl (C=O) groups is 1. The third kappa shape index (κ3) is 6.18. The van der Waals surface area contributed by atoms with Crippen LogP contribution in [-0.4, -0.2) is 24.8 Å². The SMILES string of the molecule is COc1ccccc1CNCc1ccc(OCC(=O)O)cc1.Cl. The lowest BCUT2D eigenvalue weighted by Gasteiger charge is -2.10. The van der Waals surface area contributed by atoms with Crippen molar-refractivity contribution in [3.8, 4) is 11.5 Å². The molecular weight excluding hydrogens is 318 g/mol. The van der Waals surface area contributed by atoms with Crippen molar-refractivity contribution in [3.05, 3.63) is 59.7 Å². The highest BCUT2D eigenvalue weighted by Crippen LogP contribution is 2.17. The summed E-state index contributed by atoms with van der Waals surface area (Å²) in [5.41, 5.74) is 2.20. The third-order valence-corrected chi connectivity index (χ3v) is 3.12. The molecule has 0 saturated heterocycles. The van der Waals surface area contributed by atoms with Crippen molar-refractivity contribution in [2.45, 2.75) is 13.1 Å². The average molecular weight is 338 g/mol. The number of nitrogens with one attached hydrogen (secondary N) is 1. The Bertz CT molecular complexity index is 616. The van der Waals surface area contributed by atoms with Gasteiger partial charge in [-0.05, 0) is 23.8 Å². The smallest absolute Gasteiger partial charge is 0.341 e. The predicted molar refractivity (Wildman–Crippen MR) is 90.4 cm³/mol. The fourth-order valence-electron chi connectivity index (χ4n) is 2.04. The van der Waals surface area contributed by atoms with Crippen LogP contribution >= 0.6 is 12.4 Å². The molecule has 5 nitrogen and oxygen atoms in total. The van der Waals surface area contributed by atoms with Gasteiger partial charge in [0.1, 0.15) is 11.5 Å². The maximum atomic E-state index is 10.4. The summed E-state index contributed by atoms with van der Waals surface area (Å²) >= 11 is 0. The van der Waals surface area contributed by atoms with Crippen LogP contribution in [0.1, 0.15) is 11.1 Å². The molecule has 0 aromatic heterocycles. The Labute approximate surface area is 141 Å². The van der Waals surface area contributed by atoms with Gasteiger partial charge in [-0.3, -0.25) is 0 Å². The molecule has 124 valence electrons. The molecule has 6 heteroatoms. The summed E-state index contributed by atoms with van der Waals surface area (Å²) in [6.07, 6.45) is 0. The molecule has 2 aromatic carbocycles. The molecule has 0 amide bonds. The Kier molecular flexibility index (Phi) is 7.94. The quantitative estimate of drug-likeness (QED) is 0.775. The van der Waals surface area contributed by atoms with Gasteiger partial charge in [-0.15, -0.1) is 12.4 Å². The molecule has 0 aliphatic carbocycles. The molecule has 0 aliphatic heterocycles. The summed E-state index contributed by atoms with van der Waals surface area (Å²) < 4.78 is 10.4. The zero-order valence-corrected chi connectivity index (χ0v) is 13.6. The minimum atomic E-state index is -0.984. The number of methoxy groups -OCH3 is 1. The number of hydrogen-bond donors (Lipinski definition) is 2. The second kappa shape index (κ2) is 9.71. The summed E-state index contributed by atoms with van der Waals surface area (Å²) in [5, 5.41) is 11.9. The lowest BCUT2D eigenvalue weighted by Crippen LogP contribution is -2.13. The normalized spacial score (nSPS) is 9.78. The molecule has 0 aliphatic rings. The number of aliphatic carboxylic acids is 1. The van der Waals surface area contributed by atoms with Crippen LogP contribution in [0.15, 0.2) is 48.5 Å². The summed E-state index contributed by atoms with van der Waals surface area (Å²) in [5.74, 6) is 0.436. The standard InChI is InChI=1S/C17H19NO4.ClH/c1-21-16-5-3-2-4-14(16)11-18-10-13-6-8-15(9-7-13)22-12-17(19)20;/h2-9,18H,10-12H2,1H3,(H,19,20);1H. The Hall–Kier alpha value is -2.24. The molecule has 0 fully saturated rings. The first-order valence-corrected chi connectivity index (χ1v) is 6.95. The van der Waals surface area contributed by atoms with Crippen LogP contribution in [0.2, 0.25) is 0 Å². The van der Waals surface area contributed by atoms with Crippen molar-refractivity contribution in [1.82, 2.24) is 5.32 Å². The Morgan fingerprint density at radius 2 is 1.78 bits per heavy atom. The van der Waals surface area contributed by atoms with Crippen molar-refractivity contribution < 1.29 is 19.4 Å². The van der Waals surface area contributed by atoms with Gasteiger partial charge in [0, 0.05) is 18.7 Å². The van der Waals surface area contributed by atoms with E-state index >= 15 is 0 Å². The number of halogens is 1. The Morgan fingerprint density at radius 3 is 2.43 bits per heavy atom. The minimum absolute atomic E-state index is 0. The van der Waals surface area contributed by atoms with E-state index in [9.17, 15) is 4.79 Å². The molecule has 0 spiro atoms. The molecule has 0 saturated carbocycles. The van der Waals surface area contributed by atoms with Gasteiger partial charge >= 0.3 is 5.97 Å². The Morgan fingerprint density at radius 1 is 1.09 bits per heavy atom. The molecule has 2 N–H and O–H groups in total. The van der Waals surface area contributed by atoms with E-state index in [0.29, 0.717) is 18.8 Å². The molecule has 0 atom stereocenters. The molecule has 2 rings (SSSR count). The van der Waals surface area contributed by atoms with E-state index in [1.54, 1.807) is 19.2 Å². The lowest BCUT2D eigenvalue weighted by atomic mass is 10.2. The summed E-state index contributed by atoms with van der Waals surface area (Å²) in [4.78, 5) is 10.4. The van der Waals surface area contributed by atoms with E-state index in [1.807, 2.05) is 36.4 Å². The van der Waals surface area contributed by atoms with Crippen LogP contribution in [0, 0.1) is 0 Å². The largest absolute Gasteiger partial charge is 0.496 e. The van der Waals surface area contributed by atoms with Crippen LogP contribution < -0.4 is 14.8 Å². The first kappa shape index (κ1) is 18.8. The summed E-state index contributed by atoms with van der Waals surface area (Å²) in [6, 6.07) is 15.2. The number of hydrogen-bond acceptors (Lipinski definition) is 4. The lowest BCUT2D eigenvalue weighted by molar-refractivity contribution is -0.139. The molecule has 0 heterocycles. The number of carboxylic acid groups (broad SMARTS) is 1. The molecule has 0 bridgehead atoms. The van der Waals surface area contributed by atoms with Gasteiger partial charge in [0.15, 0.2) is 6.61 Å². The van der Waals surface area contributed by atoms with Gasteiger partial charge in [0.2, 0.25) is 0 Å². The van der Waals surface area contributed by atoms with Crippen LogP contribution in [0.25, 0.3) is 0 Å². The zero-order valence-electron chi connectivity index (χ0n) is 12.8. The van der Waals surface area contributed by atoms with Gasteiger partial charge < -0.3 is 19.9 Å². The predicted octanol–water partition coefficient (Wildman–Crippen LogP) is 2.87. The maximum absolute atomic E-state index is 10.4. The van der Waals surface area contributed by atoms with Crippen LogP contribution in [-0.2, 0) is 17.9 Å². The van der Waals surface area contributed by atoms with Gasteiger partial charge in [0.25, 0.3) is 0 Å². The number of rotatable bonds is 8. The van der Waals surface area contributed by atoms with Crippen LogP contribution in [0.3, 0.4) is 0 Å². The van der Waals surface area contributed by atoms with E-state index in [2.05, 4.69) is 5.32 Å². The van der Waals surface area contributed by atoms with E-state index in [1.165, 1.54) is 0 Å². The molecule has 2 aromatic rings. The molecule has 0 radical (unpaired) electrons. The fourth-order valence-corrected chi connectivity index (χ4v) is 2.04. The van der Waals surface area contributed by atoms with E-state index in [0.717, 1.165) is 16.9 Å². The average Bonchev–Trinajstić information content (AvgIpc) is 2.54. The molecule has 23 heavy (non-hydrogen) atoms. The minimum Gasteiger partial charge on any atom is -0.496 e. The second-order valence-corrected chi connectivity index (χ2v) is 4.74. The highest BCUT2D eigenvalue weighted by molar-refractivity contribution is 5.85. The number of benzene rings is 2. The fraction of sp³-hybridized carbons (Fsp3) is 0.235. The van der Waals surface area contributed by atoms with Gasteiger partial charge in [-0.1, -0.05) is 30.3 Å². The van der Waals surface area contributed by atoms with E-state index < -0.39 is 5.97 Å². The maximum Gasteiger partial charge on any atom is 0.341 e. The van der Waals surface area contributed by atoms with Crippen molar-refractivity contribution >= 4 is 18.4 Å². The van der Waals surface area contributed by atoms with Crippen molar-refractivity contribution in [2.75, 3.05) is 13.7 Å². The molecular formula is C17H20ClNO4. The first-order chi connectivity index (χ1) is 10.7. The van der Waals surface area contributed by atoms with Gasteiger partial charge in [0.05, 0.1) is 7.11 Å². The van der Waals surface area contributed by atoms with Crippen LogP contribution in [0.4, 0.5) is 0 Å². The zero-order chi connectivity index (χ0) is 15.8. The van der Waals surface area contributed by atoms with E-state index in [-0.39, 0.29) is 19.0 Å². The van der Waals surface area contributed by atoms with Crippen molar-refractivity contribution in [2.24, 2.45) is 0 Å². The number of para-hydroxylation sites is 1. The number of ether oxygens (including phenoxy) is 2. The van der Waals surface area contributed by atoms with Gasteiger partial charge in [-0.2, -0.15) is 0 Å². The number of carboxylic acids is 1. The summed E-state index contributed by atoms with van der Waals surface area (Å²) in [6.45, 7) is 1.09. The summed E-state index contributed by atoms with van der Waals surface area (Å²) in [7, 11) is 1.66. The first-order valence-electron chi connectivity index (χ1n) is 6.95. The third-order valence-electron chi connectivity index (χ3n) is 3.12. The molecule has 0 unspecified atom stereocenters. The monoisotopic (exact) mass is 337 g/mol. The highest BCUT2D eigenvalue weighted by Gasteiger charge is 2.02. The highest BCUT2D eigenvalue weighted by atomic mass is 35.5. The topological polar surface area (TPSA) is 67.8 Å². The van der Waals surface area contributed by atoms with Crippen molar-refractivity contribution in [3.63, 3.8) is 0 Å². The second-order valence-electron chi connectivity index (χ2n) is 4.74.